The van der Waals surface area contributed by atoms with Crippen LogP contribution >= 0.6 is 15.9 Å². The quantitative estimate of drug-likeness (QED) is 0.180. The molecular weight excluding hydrogens is 514 g/mol. The van der Waals surface area contributed by atoms with Crippen LogP contribution in [0.4, 0.5) is 0 Å². The van der Waals surface area contributed by atoms with Crippen LogP contribution in [0.25, 0.3) is 22.2 Å². The second kappa shape index (κ2) is 11.0. The molecule has 0 saturated heterocycles. The largest absolute Gasteiger partial charge is 0.488 e. The van der Waals surface area contributed by atoms with Crippen molar-refractivity contribution >= 4 is 39.0 Å². The van der Waals surface area contributed by atoms with E-state index in [2.05, 4.69) is 26.5 Å². The third kappa shape index (κ3) is 5.50. The summed E-state index contributed by atoms with van der Waals surface area (Å²) < 4.78 is 6.89. The first-order valence-electron chi connectivity index (χ1n) is 11.4. The molecule has 6 heteroatoms. The molecule has 0 saturated carbocycles. The Hall–Kier alpha value is -4.29. The fraction of sp³-hybridized carbons (Fsp3) is 0.0333. The molecule has 0 atom stereocenters. The van der Waals surface area contributed by atoms with Gasteiger partial charge in [-0.1, -0.05) is 94.8 Å². The number of halogens is 1. The Balaban J connectivity index is 1.38. The van der Waals surface area contributed by atoms with Crippen LogP contribution in [0.2, 0.25) is 0 Å². The number of para-hydroxylation sites is 1. The highest BCUT2D eigenvalue weighted by molar-refractivity contribution is 9.10. The molecule has 5 aromatic rings. The molecule has 0 aliphatic rings. The zero-order valence-electron chi connectivity index (χ0n) is 19.3. The normalized spacial score (nSPS) is 11.0. The Kier molecular flexibility index (Phi) is 7.15. The summed E-state index contributed by atoms with van der Waals surface area (Å²) in [5, 5.41) is 5.00. The van der Waals surface area contributed by atoms with Crippen molar-refractivity contribution in [1.29, 1.82) is 0 Å². The van der Waals surface area contributed by atoms with Crippen molar-refractivity contribution in [2.75, 3.05) is 0 Å². The van der Waals surface area contributed by atoms with Crippen molar-refractivity contribution in [3.8, 4) is 17.0 Å². The summed E-state index contributed by atoms with van der Waals surface area (Å²) in [5.41, 5.74) is 7.40. The maximum atomic E-state index is 13.2. The predicted octanol–water partition coefficient (Wildman–Crippen LogP) is 7.01. The molecule has 36 heavy (non-hydrogen) atoms. The van der Waals surface area contributed by atoms with Gasteiger partial charge in [-0.3, -0.25) is 4.79 Å². The number of carbonyl (C=O) groups is 1. The van der Waals surface area contributed by atoms with E-state index in [1.807, 2.05) is 103 Å². The Morgan fingerprint density at radius 1 is 0.889 bits per heavy atom. The van der Waals surface area contributed by atoms with Gasteiger partial charge in [-0.15, -0.1) is 0 Å². The summed E-state index contributed by atoms with van der Waals surface area (Å²) in [6.45, 7) is 0.431. The lowest BCUT2D eigenvalue weighted by Crippen LogP contribution is -2.18. The molecule has 0 radical (unpaired) electrons. The van der Waals surface area contributed by atoms with Crippen molar-refractivity contribution in [2.24, 2.45) is 5.10 Å². The molecular formula is C30H22BrN3O2. The smallest absolute Gasteiger partial charge is 0.272 e. The van der Waals surface area contributed by atoms with Crippen LogP contribution in [0, 0.1) is 0 Å². The highest BCUT2D eigenvalue weighted by Gasteiger charge is 2.13. The number of ether oxygens (including phenoxy) is 1. The molecule has 0 spiro atoms. The number of nitrogens with zero attached hydrogens (tertiary/aromatic N) is 2. The SMILES string of the molecule is O=C(N/N=C/c1cc(Br)ccc1OCc1ccccc1)c1cc(-c2ccccc2)nc2ccccc12. The molecule has 0 bridgehead atoms. The number of benzene rings is 4. The van der Waals surface area contributed by atoms with Crippen molar-refractivity contribution in [1.82, 2.24) is 10.4 Å². The number of hydrogen-bond donors (Lipinski definition) is 1. The van der Waals surface area contributed by atoms with Gasteiger partial charge in [-0.25, -0.2) is 10.4 Å². The fourth-order valence-electron chi connectivity index (χ4n) is 3.83. The van der Waals surface area contributed by atoms with E-state index in [-0.39, 0.29) is 5.91 Å². The van der Waals surface area contributed by atoms with Gasteiger partial charge in [0.05, 0.1) is 23.0 Å². The number of hydrogen-bond acceptors (Lipinski definition) is 4. The molecule has 176 valence electrons. The van der Waals surface area contributed by atoms with Gasteiger partial charge in [0.15, 0.2) is 0 Å². The van der Waals surface area contributed by atoms with Gasteiger partial charge in [0.1, 0.15) is 12.4 Å². The van der Waals surface area contributed by atoms with E-state index in [1.54, 1.807) is 12.3 Å². The first kappa shape index (κ1) is 23.5. The number of carbonyl (C=O) groups excluding carboxylic acids is 1. The summed E-state index contributed by atoms with van der Waals surface area (Å²) in [5.74, 6) is 0.351. The van der Waals surface area contributed by atoms with Crippen molar-refractivity contribution < 1.29 is 9.53 Å². The lowest BCUT2D eigenvalue weighted by atomic mass is 10.0. The molecule has 1 heterocycles. The number of nitrogens with one attached hydrogen (secondary N) is 1. The van der Waals surface area contributed by atoms with Crippen LogP contribution < -0.4 is 10.2 Å². The Morgan fingerprint density at radius 3 is 2.42 bits per heavy atom. The van der Waals surface area contributed by atoms with Gasteiger partial charge in [-0.2, -0.15) is 5.10 Å². The fourth-order valence-corrected chi connectivity index (χ4v) is 4.21. The number of aromatic nitrogens is 1. The lowest BCUT2D eigenvalue weighted by Gasteiger charge is -2.10. The second-order valence-electron chi connectivity index (χ2n) is 8.09. The minimum Gasteiger partial charge on any atom is -0.488 e. The molecule has 0 unspecified atom stereocenters. The van der Waals surface area contributed by atoms with Crippen molar-refractivity contribution in [2.45, 2.75) is 6.61 Å². The van der Waals surface area contributed by atoms with E-state index in [4.69, 9.17) is 9.72 Å². The maximum Gasteiger partial charge on any atom is 0.272 e. The number of fused-ring (bicyclic) bond motifs is 1. The van der Waals surface area contributed by atoms with Gasteiger partial charge < -0.3 is 4.74 Å². The highest BCUT2D eigenvalue weighted by atomic mass is 79.9. The zero-order valence-corrected chi connectivity index (χ0v) is 20.9. The minimum atomic E-state index is -0.316. The molecule has 5 rings (SSSR count). The van der Waals surface area contributed by atoms with E-state index < -0.39 is 0 Å². The average molecular weight is 536 g/mol. The van der Waals surface area contributed by atoms with Crippen molar-refractivity contribution in [3.63, 3.8) is 0 Å². The third-order valence-corrected chi connectivity index (χ3v) is 6.10. The first-order chi connectivity index (χ1) is 17.7. The number of rotatable bonds is 7. The first-order valence-corrected chi connectivity index (χ1v) is 12.2. The monoisotopic (exact) mass is 535 g/mol. The summed E-state index contributed by atoms with van der Waals surface area (Å²) in [7, 11) is 0. The summed E-state index contributed by atoms with van der Waals surface area (Å²) in [6.07, 6.45) is 1.59. The summed E-state index contributed by atoms with van der Waals surface area (Å²) in [6, 6.07) is 34.8. The molecule has 1 N–H and O–H groups in total. The summed E-state index contributed by atoms with van der Waals surface area (Å²) in [4.78, 5) is 17.9. The number of pyridine rings is 1. The second-order valence-corrected chi connectivity index (χ2v) is 9.01. The van der Waals surface area contributed by atoms with Crippen LogP contribution in [0.15, 0.2) is 119 Å². The van der Waals surface area contributed by atoms with E-state index in [0.29, 0.717) is 17.9 Å². The van der Waals surface area contributed by atoms with Gasteiger partial charge >= 0.3 is 0 Å². The molecule has 1 amide bonds. The Labute approximate surface area is 217 Å². The van der Waals surface area contributed by atoms with E-state index >= 15 is 0 Å². The molecule has 0 aliphatic carbocycles. The van der Waals surface area contributed by atoms with E-state index in [9.17, 15) is 4.79 Å². The van der Waals surface area contributed by atoms with Gasteiger partial charge in [0.25, 0.3) is 5.91 Å². The summed E-state index contributed by atoms with van der Waals surface area (Å²) >= 11 is 3.50. The van der Waals surface area contributed by atoms with E-state index in [1.165, 1.54) is 0 Å². The molecule has 1 aromatic heterocycles. The van der Waals surface area contributed by atoms with Crippen LogP contribution in [0.1, 0.15) is 21.5 Å². The highest BCUT2D eigenvalue weighted by Crippen LogP contribution is 2.25. The molecule has 5 nitrogen and oxygen atoms in total. The van der Waals surface area contributed by atoms with Crippen LogP contribution in [0.3, 0.4) is 0 Å². The standard InChI is InChI=1S/C30H22BrN3O2/c31-24-15-16-29(36-20-21-9-3-1-4-10-21)23(17-24)19-32-34-30(35)26-18-28(22-11-5-2-6-12-22)33-27-14-8-7-13-25(26)27/h1-19H,20H2,(H,34,35)/b32-19+. The lowest BCUT2D eigenvalue weighted by molar-refractivity contribution is 0.0956. The van der Waals surface area contributed by atoms with Crippen molar-refractivity contribution in [3.05, 3.63) is 130 Å². The molecule has 4 aromatic carbocycles. The van der Waals surface area contributed by atoms with Crippen LogP contribution in [-0.4, -0.2) is 17.1 Å². The number of hydrazone groups is 1. The molecule has 0 fully saturated rings. The van der Waals surface area contributed by atoms with Crippen LogP contribution in [0.5, 0.6) is 5.75 Å². The van der Waals surface area contributed by atoms with E-state index in [0.717, 1.165) is 37.8 Å². The maximum absolute atomic E-state index is 13.2. The number of amides is 1. The zero-order chi connectivity index (χ0) is 24.7. The Morgan fingerprint density at radius 2 is 1.61 bits per heavy atom. The van der Waals surface area contributed by atoms with Gasteiger partial charge in [0, 0.05) is 21.0 Å². The third-order valence-electron chi connectivity index (χ3n) is 5.61. The van der Waals surface area contributed by atoms with Gasteiger partial charge in [0.2, 0.25) is 0 Å². The topological polar surface area (TPSA) is 63.6 Å². The Bertz CT molecular complexity index is 1540. The van der Waals surface area contributed by atoms with Crippen LogP contribution in [-0.2, 0) is 6.61 Å². The minimum absolute atomic E-state index is 0.316. The predicted molar refractivity (Wildman–Crippen MR) is 147 cm³/mol. The van der Waals surface area contributed by atoms with Gasteiger partial charge in [-0.05, 0) is 35.9 Å². The average Bonchev–Trinajstić information content (AvgIpc) is 2.93. The molecule has 0 aliphatic heterocycles.